The van der Waals surface area contributed by atoms with Gasteiger partial charge in [0, 0.05) is 0 Å². The van der Waals surface area contributed by atoms with Crippen LogP contribution in [0, 0.1) is 0 Å². The zero-order chi connectivity index (χ0) is 31.3. The van der Waals surface area contributed by atoms with Crippen LogP contribution in [-0.4, -0.2) is 11.4 Å². The van der Waals surface area contributed by atoms with E-state index >= 15 is 0 Å². The molecule has 0 bridgehead atoms. The summed E-state index contributed by atoms with van der Waals surface area (Å²) in [5.74, 6) is -0.625. The first kappa shape index (κ1) is 39.1. The van der Waals surface area contributed by atoms with Gasteiger partial charge in [0.25, 0.3) is 0 Å². The number of unbranched alkanes of at least 4 members (excludes halogenated alkanes) is 6. The molecule has 0 unspecified atom stereocenters. The topological polar surface area (TPSA) is 70.8 Å². The second-order valence-electron chi connectivity index (χ2n) is 11.2. The van der Waals surface area contributed by atoms with Gasteiger partial charge >= 0.3 is 16.5 Å². The summed E-state index contributed by atoms with van der Waals surface area (Å²) in [6.07, 6.45) is 15.2. The van der Waals surface area contributed by atoms with Crippen LogP contribution in [0.1, 0.15) is 122 Å². The van der Waals surface area contributed by atoms with E-state index in [-0.39, 0.29) is 28.0 Å². The molecule has 3 aromatic rings. The second-order valence-corrected chi connectivity index (χ2v) is 11.2. The molecule has 44 heavy (non-hydrogen) atoms. The molecular weight excluding hydrogens is 587 g/mol. The van der Waals surface area contributed by atoms with Crippen LogP contribution in [0.5, 0.6) is 11.5 Å². The fraction of sp³-hybridized carbons (Fsp3) is 0.487. The first-order chi connectivity index (χ1) is 21.0. The summed E-state index contributed by atoms with van der Waals surface area (Å²) in [6, 6.07) is 22.2. The van der Waals surface area contributed by atoms with Gasteiger partial charge < -0.3 is 10.2 Å². The molecule has 0 saturated heterocycles. The number of hydrogen-bond donors (Lipinski definition) is 0. The molecule has 242 valence electrons. The van der Waals surface area contributed by atoms with Crippen LogP contribution in [0.4, 0.5) is 11.4 Å². The van der Waals surface area contributed by atoms with E-state index in [1.54, 1.807) is 6.07 Å². The predicted octanol–water partition coefficient (Wildman–Crippen LogP) is 10.4. The first-order valence-corrected chi connectivity index (χ1v) is 16.8. The third kappa shape index (κ3) is 13.8. The summed E-state index contributed by atoms with van der Waals surface area (Å²) in [5.41, 5.74) is 7.32. The molecule has 4 nitrogen and oxygen atoms in total. The summed E-state index contributed by atoms with van der Waals surface area (Å²) in [7, 11) is 0. The second kappa shape index (κ2) is 23.5. The van der Waals surface area contributed by atoms with Crippen LogP contribution >= 0.6 is 0 Å². The SMILES string of the molecule is CCCCCCC(=Nc1ccccc1)C(CCCCC)=Nc1ccccc1.CCCCc1cc([O-])c([O-])c(CC)c1CC.[Ni+2]. The van der Waals surface area contributed by atoms with E-state index in [0.29, 0.717) is 6.42 Å². The third-order valence-corrected chi connectivity index (χ3v) is 7.72. The molecule has 0 N–H and O–H groups in total. The molecule has 0 aliphatic heterocycles. The predicted molar refractivity (Wildman–Crippen MR) is 183 cm³/mol. The Hall–Kier alpha value is -2.91. The molecular formula is C39H54N2NiO2. The summed E-state index contributed by atoms with van der Waals surface area (Å²) in [6.45, 7) is 10.6. The molecule has 3 rings (SSSR count). The van der Waals surface area contributed by atoms with E-state index < -0.39 is 0 Å². The van der Waals surface area contributed by atoms with Crippen LogP contribution in [-0.2, 0) is 35.8 Å². The van der Waals surface area contributed by atoms with Gasteiger partial charge in [0.15, 0.2) is 0 Å². The van der Waals surface area contributed by atoms with Gasteiger partial charge in [0.2, 0.25) is 0 Å². The molecule has 0 radical (unpaired) electrons. The Morgan fingerprint density at radius 2 is 1.02 bits per heavy atom. The van der Waals surface area contributed by atoms with E-state index in [2.05, 4.69) is 69.3 Å². The van der Waals surface area contributed by atoms with Gasteiger partial charge in [-0.05, 0) is 86.8 Å². The van der Waals surface area contributed by atoms with E-state index in [1.165, 1.54) is 44.9 Å². The number of rotatable bonds is 17. The van der Waals surface area contributed by atoms with Gasteiger partial charge in [0.05, 0.1) is 22.8 Å². The molecule has 0 aliphatic rings. The van der Waals surface area contributed by atoms with Crippen molar-refractivity contribution in [1.29, 1.82) is 0 Å². The molecule has 3 aromatic carbocycles. The number of benzene rings is 3. The molecule has 0 saturated carbocycles. The van der Waals surface area contributed by atoms with Gasteiger partial charge in [-0.15, -0.1) is 11.5 Å². The maximum absolute atomic E-state index is 11.7. The largest absolute Gasteiger partial charge is 2.00 e. The van der Waals surface area contributed by atoms with Crippen LogP contribution in [0.15, 0.2) is 76.7 Å². The van der Waals surface area contributed by atoms with Crippen LogP contribution in [0.2, 0.25) is 0 Å². The Balaban J connectivity index is 0.000000488. The quantitative estimate of drug-likeness (QED) is 0.0836. The van der Waals surface area contributed by atoms with E-state index in [4.69, 9.17) is 9.98 Å². The van der Waals surface area contributed by atoms with Gasteiger partial charge in [-0.2, -0.15) is 0 Å². The molecule has 0 heterocycles. The minimum absolute atomic E-state index is 0. The van der Waals surface area contributed by atoms with Crippen molar-refractivity contribution in [2.24, 2.45) is 9.98 Å². The van der Waals surface area contributed by atoms with Crippen molar-refractivity contribution < 1.29 is 26.7 Å². The zero-order valence-corrected chi connectivity index (χ0v) is 28.8. The van der Waals surface area contributed by atoms with Gasteiger partial charge in [-0.3, -0.25) is 9.98 Å². The van der Waals surface area contributed by atoms with Gasteiger partial charge in [-0.1, -0.05) is 121 Å². The van der Waals surface area contributed by atoms with Crippen molar-refractivity contribution in [3.8, 4) is 11.5 Å². The van der Waals surface area contributed by atoms with Crippen molar-refractivity contribution in [3.05, 3.63) is 83.4 Å². The summed E-state index contributed by atoms with van der Waals surface area (Å²) in [5, 5.41) is 23.2. The van der Waals surface area contributed by atoms with Crippen molar-refractivity contribution in [2.75, 3.05) is 0 Å². The number of nitrogens with zero attached hydrogens (tertiary/aromatic N) is 2. The van der Waals surface area contributed by atoms with Gasteiger partial charge in [0.1, 0.15) is 0 Å². The van der Waals surface area contributed by atoms with Crippen LogP contribution in [0.3, 0.4) is 0 Å². The fourth-order valence-electron chi connectivity index (χ4n) is 5.30. The Kier molecular flexibility index (Phi) is 20.9. The Morgan fingerprint density at radius 1 is 0.568 bits per heavy atom. The minimum Gasteiger partial charge on any atom is -0.873 e. The van der Waals surface area contributed by atoms with Crippen molar-refractivity contribution >= 4 is 22.8 Å². The van der Waals surface area contributed by atoms with Crippen LogP contribution in [0.25, 0.3) is 0 Å². The normalized spacial score (nSPS) is 11.5. The third-order valence-electron chi connectivity index (χ3n) is 7.72. The van der Waals surface area contributed by atoms with Crippen molar-refractivity contribution in [3.63, 3.8) is 0 Å². The standard InChI is InChI=1S/C25H34N2.C14H22O2.Ni/c1-3-5-7-15-21-25(27-23-18-13-9-14-19-23)24(20-10-6-4-2)26-22-16-11-8-12-17-22;1-4-7-8-10-9-13(15)14(16)12(6-3)11(10)5-2;/h8-9,11-14,16-19H,3-7,10,15,20-21H2,1-2H3;9,15-16H,4-8H2,1-3H3;/q;;+2/p-2. The average molecular weight is 642 g/mol. The Morgan fingerprint density at radius 3 is 1.48 bits per heavy atom. The molecule has 0 fully saturated rings. The summed E-state index contributed by atoms with van der Waals surface area (Å²) in [4.78, 5) is 10.0. The maximum atomic E-state index is 11.7. The summed E-state index contributed by atoms with van der Waals surface area (Å²) >= 11 is 0. The van der Waals surface area contributed by atoms with E-state index in [9.17, 15) is 10.2 Å². The number of aliphatic imine (C=N–C) groups is 2. The molecule has 0 aromatic heterocycles. The first-order valence-electron chi connectivity index (χ1n) is 16.8. The van der Waals surface area contributed by atoms with E-state index in [1.807, 2.05) is 26.0 Å². The smallest absolute Gasteiger partial charge is 0.873 e. The monoisotopic (exact) mass is 640 g/mol. The molecule has 0 atom stereocenters. The Bertz CT molecular complexity index is 1240. The number of hydrogen-bond acceptors (Lipinski definition) is 4. The summed E-state index contributed by atoms with van der Waals surface area (Å²) < 4.78 is 0. The molecule has 0 aliphatic carbocycles. The average Bonchev–Trinajstić information content (AvgIpc) is 3.03. The van der Waals surface area contributed by atoms with E-state index in [0.717, 1.165) is 78.0 Å². The minimum atomic E-state index is -0.333. The van der Waals surface area contributed by atoms with Crippen LogP contribution < -0.4 is 10.2 Å². The zero-order valence-electron chi connectivity index (χ0n) is 27.8. The fourth-order valence-corrected chi connectivity index (χ4v) is 5.30. The molecule has 0 spiro atoms. The van der Waals surface area contributed by atoms with Crippen molar-refractivity contribution in [1.82, 2.24) is 0 Å². The molecule has 0 amide bonds. The Labute approximate surface area is 278 Å². The number of para-hydroxylation sites is 2. The molecule has 5 heteroatoms. The van der Waals surface area contributed by atoms with Gasteiger partial charge in [-0.25, -0.2) is 0 Å². The maximum Gasteiger partial charge on any atom is 2.00 e. The van der Waals surface area contributed by atoms with Crippen molar-refractivity contribution in [2.45, 2.75) is 125 Å². The number of aryl methyl sites for hydroxylation is 1.